The Bertz CT molecular complexity index is 226. The molecular formula is C9H15NO2S. The zero-order valence-electron chi connectivity index (χ0n) is 8.46. The summed E-state index contributed by atoms with van der Waals surface area (Å²) >= 11 is 4.43. The number of carbonyl (C=O) groups excluding carboxylic acids is 1. The number of hydrogen-bond acceptors (Lipinski definition) is 4. The monoisotopic (exact) mass is 201 g/mol. The summed E-state index contributed by atoms with van der Waals surface area (Å²) in [5.74, 6) is -0.340. The molecule has 0 radical (unpaired) electrons. The maximum absolute atomic E-state index is 11.4. The number of esters is 1. The molecule has 13 heavy (non-hydrogen) atoms. The highest BCUT2D eigenvalue weighted by atomic mass is 32.1. The standard InChI is InChI=1S/C9H15NO2S/c1-5-7(10-6-13)8(11)12-9(2,3)4/h7H,5H2,1-4H3/t7-/m1/s1. The number of ether oxygens (including phenoxy) is 1. The fourth-order valence-corrected chi connectivity index (χ4v) is 0.871. The molecule has 0 amide bonds. The lowest BCUT2D eigenvalue weighted by atomic mass is 10.2. The van der Waals surface area contributed by atoms with Gasteiger partial charge in [-0.05, 0) is 39.4 Å². The number of aliphatic imine (C=N–C) groups is 1. The van der Waals surface area contributed by atoms with Gasteiger partial charge in [-0.25, -0.2) is 9.79 Å². The summed E-state index contributed by atoms with van der Waals surface area (Å²) < 4.78 is 5.12. The average molecular weight is 201 g/mol. The summed E-state index contributed by atoms with van der Waals surface area (Å²) in [6.45, 7) is 7.31. The zero-order chi connectivity index (χ0) is 10.5. The topological polar surface area (TPSA) is 38.7 Å². The van der Waals surface area contributed by atoms with Crippen LogP contribution in [0.3, 0.4) is 0 Å². The van der Waals surface area contributed by atoms with Crippen molar-refractivity contribution in [3.63, 3.8) is 0 Å². The van der Waals surface area contributed by atoms with E-state index in [1.54, 1.807) is 0 Å². The van der Waals surface area contributed by atoms with Crippen molar-refractivity contribution in [1.29, 1.82) is 0 Å². The third-order valence-corrected chi connectivity index (χ3v) is 1.38. The van der Waals surface area contributed by atoms with Crippen LogP contribution < -0.4 is 0 Å². The minimum Gasteiger partial charge on any atom is -0.458 e. The van der Waals surface area contributed by atoms with Gasteiger partial charge in [-0.1, -0.05) is 6.92 Å². The molecule has 0 aliphatic heterocycles. The Hall–Kier alpha value is -0.730. The van der Waals surface area contributed by atoms with Crippen molar-refractivity contribution in [3.05, 3.63) is 0 Å². The van der Waals surface area contributed by atoms with Gasteiger partial charge in [-0.3, -0.25) is 0 Å². The minimum absolute atomic E-state index is 0.340. The summed E-state index contributed by atoms with van der Waals surface area (Å²) in [5, 5.41) is 2.19. The molecule has 0 heterocycles. The van der Waals surface area contributed by atoms with Crippen molar-refractivity contribution < 1.29 is 9.53 Å². The molecule has 0 aromatic rings. The van der Waals surface area contributed by atoms with Gasteiger partial charge >= 0.3 is 5.97 Å². The maximum atomic E-state index is 11.4. The molecule has 0 spiro atoms. The molecule has 0 bridgehead atoms. The molecule has 74 valence electrons. The van der Waals surface area contributed by atoms with E-state index >= 15 is 0 Å². The Morgan fingerprint density at radius 2 is 2.15 bits per heavy atom. The van der Waals surface area contributed by atoms with Crippen LogP contribution in [0.5, 0.6) is 0 Å². The average Bonchev–Trinajstić information content (AvgIpc) is 1.96. The van der Waals surface area contributed by atoms with E-state index in [2.05, 4.69) is 22.4 Å². The van der Waals surface area contributed by atoms with Crippen molar-refractivity contribution in [3.8, 4) is 0 Å². The third kappa shape index (κ3) is 5.50. The van der Waals surface area contributed by atoms with E-state index in [9.17, 15) is 4.79 Å². The molecule has 3 nitrogen and oxygen atoms in total. The van der Waals surface area contributed by atoms with Gasteiger partial charge in [0.2, 0.25) is 0 Å². The molecule has 0 aromatic carbocycles. The van der Waals surface area contributed by atoms with Crippen LogP contribution in [-0.4, -0.2) is 22.8 Å². The summed E-state index contributed by atoms with van der Waals surface area (Å²) in [4.78, 5) is 15.1. The first kappa shape index (κ1) is 12.3. The summed E-state index contributed by atoms with van der Waals surface area (Å²) in [5.41, 5.74) is -0.471. The second-order valence-electron chi connectivity index (χ2n) is 3.68. The van der Waals surface area contributed by atoms with Crippen LogP contribution in [0.25, 0.3) is 0 Å². The Labute approximate surface area is 84.2 Å². The van der Waals surface area contributed by atoms with Gasteiger partial charge in [0.15, 0.2) is 6.04 Å². The van der Waals surface area contributed by atoms with Gasteiger partial charge < -0.3 is 4.74 Å². The molecule has 0 fully saturated rings. The van der Waals surface area contributed by atoms with Crippen LogP contribution in [0.15, 0.2) is 4.99 Å². The van der Waals surface area contributed by atoms with E-state index in [1.807, 2.05) is 27.7 Å². The minimum atomic E-state index is -0.503. The van der Waals surface area contributed by atoms with Gasteiger partial charge in [0.1, 0.15) is 5.60 Å². The predicted molar refractivity (Wildman–Crippen MR) is 55.0 cm³/mol. The smallest absolute Gasteiger partial charge is 0.332 e. The zero-order valence-corrected chi connectivity index (χ0v) is 9.27. The van der Waals surface area contributed by atoms with E-state index < -0.39 is 11.6 Å². The van der Waals surface area contributed by atoms with Gasteiger partial charge in [0, 0.05) is 0 Å². The normalized spacial score (nSPS) is 12.9. The van der Waals surface area contributed by atoms with Crippen molar-refractivity contribution in [2.24, 2.45) is 4.99 Å². The van der Waals surface area contributed by atoms with E-state index in [0.717, 1.165) is 0 Å². The third-order valence-electron chi connectivity index (χ3n) is 1.27. The van der Waals surface area contributed by atoms with Gasteiger partial charge in [0.25, 0.3) is 0 Å². The van der Waals surface area contributed by atoms with Crippen molar-refractivity contribution >= 4 is 23.3 Å². The molecule has 4 heteroatoms. The Kier molecular flexibility index (Phi) is 4.81. The number of carbonyl (C=O) groups is 1. The lowest BCUT2D eigenvalue weighted by Crippen LogP contribution is -2.30. The summed E-state index contributed by atoms with van der Waals surface area (Å²) in [6, 6.07) is -0.503. The molecule has 0 aliphatic rings. The predicted octanol–water partition coefficient (Wildman–Crippen LogP) is 2.21. The van der Waals surface area contributed by atoms with Gasteiger partial charge in [-0.2, -0.15) is 0 Å². The quantitative estimate of drug-likeness (QED) is 0.399. The second kappa shape index (κ2) is 5.10. The molecule has 0 aliphatic carbocycles. The molecule has 0 aromatic heterocycles. The molecular weight excluding hydrogens is 186 g/mol. The summed E-state index contributed by atoms with van der Waals surface area (Å²) in [6.07, 6.45) is 0.582. The van der Waals surface area contributed by atoms with Crippen molar-refractivity contribution in [2.75, 3.05) is 0 Å². The van der Waals surface area contributed by atoms with Crippen LogP contribution in [0.2, 0.25) is 0 Å². The SMILES string of the molecule is CC[C@@H](N=C=S)C(=O)OC(C)(C)C. The summed E-state index contributed by atoms with van der Waals surface area (Å²) in [7, 11) is 0. The van der Waals surface area contributed by atoms with Crippen LogP contribution in [0, 0.1) is 0 Å². The molecule has 0 saturated heterocycles. The fourth-order valence-electron chi connectivity index (χ4n) is 0.744. The lowest BCUT2D eigenvalue weighted by molar-refractivity contribution is -0.156. The molecule has 0 saturated carbocycles. The van der Waals surface area contributed by atoms with Crippen molar-refractivity contribution in [1.82, 2.24) is 0 Å². The fraction of sp³-hybridized carbons (Fsp3) is 0.778. The molecule has 0 N–H and O–H groups in total. The van der Waals surface area contributed by atoms with Crippen LogP contribution in [0.1, 0.15) is 34.1 Å². The number of isothiocyanates is 1. The van der Waals surface area contributed by atoms with Crippen LogP contribution >= 0.6 is 12.2 Å². The van der Waals surface area contributed by atoms with E-state index in [1.165, 1.54) is 0 Å². The van der Waals surface area contributed by atoms with Crippen LogP contribution in [0.4, 0.5) is 0 Å². The number of rotatable bonds is 3. The largest absolute Gasteiger partial charge is 0.458 e. The van der Waals surface area contributed by atoms with E-state index in [4.69, 9.17) is 4.74 Å². The molecule has 1 atom stereocenters. The van der Waals surface area contributed by atoms with Crippen molar-refractivity contribution in [2.45, 2.75) is 45.8 Å². The lowest BCUT2D eigenvalue weighted by Gasteiger charge is -2.21. The Morgan fingerprint density at radius 1 is 1.62 bits per heavy atom. The highest BCUT2D eigenvalue weighted by Crippen LogP contribution is 2.10. The van der Waals surface area contributed by atoms with Gasteiger partial charge in [0.05, 0.1) is 5.16 Å². The highest BCUT2D eigenvalue weighted by Gasteiger charge is 2.22. The van der Waals surface area contributed by atoms with E-state index in [0.29, 0.717) is 6.42 Å². The first-order valence-corrected chi connectivity index (χ1v) is 4.61. The molecule has 0 rings (SSSR count). The number of nitrogens with zero attached hydrogens (tertiary/aromatic N) is 1. The maximum Gasteiger partial charge on any atom is 0.332 e. The Balaban J connectivity index is 4.31. The number of hydrogen-bond donors (Lipinski definition) is 0. The number of thiocarbonyl (C=S) groups is 1. The van der Waals surface area contributed by atoms with E-state index in [-0.39, 0.29) is 5.97 Å². The second-order valence-corrected chi connectivity index (χ2v) is 3.86. The first-order valence-electron chi connectivity index (χ1n) is 4.20. The van der Waals surface area contributed by atoms with Gasteiger partial charge in [-0.15, -0.1) is 0 Å². The Morgan fingerprint density at radius 3 is 2.46 bits per heavy atom. The molecule has 0 unspecified atom stereocenters. The first-order chi connectivity index (χ1) is 5.90. The van der Waals surface area contributed by atoms with Crippen LogP contribution in [-0.2, 0) is 9.53 Å². The highest BCUT2D eigenvalue weighted by molar-refractivity contribution is 7.78.